The summed E-state index contributed by atoms with van der Waals surface area (Å²) in [6, 6.07) is 0. The summed E-state index contributed by atoms with van der Waals surface area (Å²) in [5.74, 6) is 0. The van der Waals surface area contributed by atoms with Crippen LogP contribution in [-0.2, 0) is 7.05 Å². The molecule has 1 aromatic rings. The van der Waals surface area contributed by atoms with Crippen molar-refractivity contribution in [2.75, 3.05) is 11.9 Å². The van der Waals surface area contributed by atoms with Gasteiger partial charge in [-0.2, -0.15) is 5.10 Å². The lowest BCUT2D eigenvalue weighted by molar-refractivity contribution is 0.208. The number of hydrogen-bond acceptors (Lipinski definition) is 3. The van der Waals surface area contributed by atoms with E-state index in [9.17, 15) is 0 Å². The minimum atomic E-state index is -0.329. The molecule has 0 aliphatic carbocycles. The Balaban J connectivity index is 2.57. The highest BCUT2D eigenvalue weighted by molar-refractivity contribution is 5.45. The topological polar surface area (TPSA) is 50.1 Å². The monoisotopic (exact) mass is 169 g/mol. The van der Waals surface area contributed by atoms with Crippen LogP contribution in [0.1, 0.15) is 12.6 Å². The molecule has 0 amide bonds. The Bertz CT molecular complexity index is 255. The summed E-state index contributed by atoms with van der Waals surface area (Å²) in [6.45, 7) is 4.25. The zero-order valence-corrected chi connectivity index (χ0v) is 7.70. The maximum atomic E-state index is 9.02. The third kappa shape index (κ3) is 2.23. The van der Waals surface area contributed by atoms with Crippen LogP contribution < -0.4 is 5.32 Å². The number of aryl methyl sites for hydroxylation is 2. The van der Waals surface area contributed by atoms with Crippen molar-refractivity contribution < 1.29 is 5.11 Å². The molecule has 0 aliphatic heterocycles. The van der Waals surface area contributed by atoms with Crippen molar-refractivity contribution in [3.8, 4) is 0 Å². The average Bonchev–Trinajstić information content (AvgIpc) is 2.26. The van der Waals surface area contributed by atoms with E-state index in [0.29, 0.717) is 6.54 Å². The highest BCUT2D eigenvalue weighted by atomic mass is 16.3. The summed E-state index contributed by atoms with van der Waals surface area (Å²) in [5.41, 5.74) is 1.94. The lowest BCUT2D eigenvalue weighted by Crippen LogP contribution is -2.15. The van der Waals surface area contributed by atoms with Crippen molar-refractivity contribution in [1.29, 1.82) is 0 Å². The number of rotatable bonds is 3. The van der Waals surface area contributed by atoms with Gasteiger partial charge in [0, 0.05) is 19.8 Å². The Morgan fingerprint density at radius 3 is 2.83 bits per heavy atom. The highest BCUT2D eigenvalue weighted by Crippen LogP contribution is 2.10. The standard InChI is InChI=1S/C8H15N3O/c1-6(12)4-9-8-5-11(3)10-7(8)2/h5-6,9,12H,4H2,1-3H3/t6-/m0/s1. The quantitative estimate of drug-likeness (QED) is 0.693. The molecule has 4 heteroatoms. The molecule has 0 spiro atoms. The molecule has 68 valence electrons. The molecule has 12 heavy (non-hydrogen) atoms. The smallest absolute Gasteiger partial charge is 0.0824 e. The van der Waals surface area contributed by atoms with Gasteiger partial charge in [0.1, 0.15) is 0 Å². The Hall–Kier alpha value is -1.03. The molecule has 1 heterocycles. The number of nitrogens with zero attached hydrogens (tertiary/aromatic N) is 2. The Morgan fingerprint density at radius 2 is 2.42 bits per heavy atom. The second-order valence-electron chi connectivity index (χ2n) is 3.03. The van der Waals surface area contributed by atoms with Crippen molar-refractivity contribution in [3.05, 3.63) is 11.9 Å². The zero-order chi connectivity index (χ0) is 9.14. The summed E-state index contributed by atoms with van der Waals surface area (Å²) >= 11 is 0. The van der Waals surface area contributed by atoms with E-state index in [-0.39, 0.29) is 6.10 Å². The third-order valence-electron chi connectivity index (χ3n) is 1.60. The van der Waals surface area contributed by atoms with E-state index in [1.54, 1.807) is 11.6 Å². The van der Waals surface area contributed by atoms with Gasteiger partial charge in [-0.1, -0.05) is 0 Å². The first-order valence-electron chi connectivity index (χ1n) is 4.02. The van der Waals surface area contributed by atoms with Crippen LogP contribution in [0.25, 0.3) is 0 Å². The van der Waals surface area contributed by atoms with E-state index in [1.165, 1.54) is 0 Å². The Morgan fingerprint density at radius 1 is 1.75 bits per heavy atom. The molecular formula is C8H15N3O. The van der Waals surface area contributed by atoms with Crippen molar-refractivity contribution >= 4 is 5.69 Å². The van der Waals surface area contributed by atoms with Crippen LogP contribution in [0.2, 0.25) is 0 Å². The highest BCUT2D eigenvalue weighted by Gasteiger charge is 2.02. The lowest BCUT2D eigenvalue weighted by Gasteiger charge is -2.05. The molecule has 0 saturated heterocycles. The lowest BCUT2D eigenvalue weighted by atomic mass is 10.3. The zero-order valence-electron chi connectivity index (χ0n) is 7.70. The predicted octanol–water partition coefficient (Wildman–Crippen LogP) is 0.521. The van der Waals surface area contributed by atoms with Crippen molar-refractivity contribution in [2.24, 2.45) is 7.05 Å². The predicted molar refractivity (Wildman–Crippen MR) is 48.1 cm³/mol. The van der Waals surface area contributed by atoms with Crippen LogP contribution in [0, 0.1) is 6.92 Å². The van der Waals surface area contributed by atoms with Gasteiger partial charge in [-0.15, -0.1) is 0 Å². The minimum Gasteiger partial charge on any atom is -0.392 e. The summed E-state index contributed by atoms with van der Waals surface area (Å²) in [7, 11) is 1.88. The van der Waals surface area contributed by atoms with Gasteiger partial charge in [-0.3, -0.25) is 4.68 Å². The van der Waals surface area contributed by atoms with Gasteiger partial charge < -0.3 is 10.4 Å². The first kappa shape index (κ1) is 9.06. The van der Waals surface area contributed by atoms with E-state index >= 15 is 0 Å². The third-order valence-corrected chi connectivity index (χ3v) is 1.60. The van der Waals surface area contributed by atoms with Crippen LogP contribution in [0.5, 0.6) is 0 Å². The normalized spacial score (nSPS) is 13.0. The summed E-state index contributed by atoms with van der Waals surface area (Å²) in [6.07, 6.45) is 1.57. The van der Waals surface area contributed by atoms with E-state index in [0.717, 1.165) is 11.4 Å². The SMILES string of the molecule is Cc1nn(C)cc1NC[C@H](C)O. The van der Waals surface area contributed by atoms with Gasteiger partial charge in [-0.05, 0) is 13.8 Å². The number of aliphatic hydroxyl groups is 1. The maximum absolute atomic E-state index is 9.02. The fourth-order valence-corrected chi connectivity index (χ4v) is 1.03. The maximum Gasteiger partial charge on any atom is 0.0824 e. The first-order chi connectivity index (χ1) is 5.59. The minimum absolute atomic E-state index is 0.329. The van der Waals surface area contributed by atoms with Gasteiger partial charge >= 0.3 is 0 Å². The number of aliphatic hydroxyl groups excluding tert-OH is 1. The van der Waals surface area contributed by atoms with Crippen molar-refractivity contribution in [3.63, 3.8) is 0 Å². The molecule has 0 fully saturated rings. The van der Waals surface area contributed by atoms with Gasteiger partial charge in [0.15, 0.2) is 0 Å². The summed E-state index contributed by atoms with van der Waals surface area (Å²) in [4.78, 5) is 0. The van der Waals surface area contributed by atoms with E-state index in [1.807, 2.05) is 20.2 Å². The second kappa shape index (κ2) is 3.58. The molecule has 0 bridgehead atoms. The van der Waals surface area contributed by atoms with Gasteiger partial charge in [0.05, 0.1) is 17.5 Å². The van der Waals surface area contributed by atoms with Crippen molar-refractivity contribution in [1.82, 2.24) is 9.78 Å². The van der Waals surface area contributed by atoms with E-state index in [2.05, 4.69) is 10.4 Å². The average molecular weight is 169 g/mol. The molecule has 1 atom stereocenters. The Labute approximate surface area is 72.2 Å². The van der Waals surface area contributed by atoms with Crippen LogP contribution in [0.15, 0.2) is 6.20 Å². The fourth-order valence-electron chi connectivity index (χ4n) is 1.03. The molecular weight excluding hydrogens is 154 g/mol. The molecule has 0 aliphatic rings. The number of aromatic nitrogens is 2. The second-order valence-corrected chi connectivity index (χ2v) is 3.03. The van der Waals surface area contributed by atoms with Crippen LogP contribution in [0.4, 0.5) is 5.69 Å². The van der Waals surface area contributed by atoms with Gasteiger partial charge in [-0.25, -0.2) is 0 Å². The molecule has 0 unspecified atom stereocenters. The molecule has 0 radical (unpaired) electrons. The van der Waals surface area contributed by atoms with Crippen molar-refractivity contribution in [2.45, 2.75) is 20.0 Å². The van der Waals surface area contributed by atoms with Gasteiger partial charge in [0.25, 0.3) is 0 Å². The summed E-state index contributed by atoms with van der Waals surface area (Å²) in [5, 5.41) is 16.3. The van der Waals surface area contributed by atoms with E-state index < -0.39 is 0 Å². The molecule has 0 saturated carbocycles. The number of hydrogen-bond donors (Lipinski definition) is 2. The first-order valence-corrected chi connectivity index (χ1v) is 4.02. The van der Waals surface area contributed by atoms with Crippen LogP contribution >= 0.6 is 0 Å². The molecule has 0 aromatic carbocycles. The molecule has 1 aromatic heterocycles. The molecule has 1 rings (SSSR count). The largest absolute Gasteiger partial charge is 0.392 e. The van der Waals surface area contributed by atoms with Crippen LogP contribution in [-0.4, -0.2) is 27.5 Å². The van der Waals surface area contributed by atoms with Gasteiger partial charge in [0.2, 0.25) is 0 Å². The Kier molecular flexibility index (Phi) is 2.70. The summed E-state index contributed by atoms with van der Waals surface area (Å²) < 4.78 is 1.75. The fraction of sp³-hybridized carbons (Fsp3) is 0.625. The number of anilines is 1. The van der Waals surface area contributed by atoms with Crippen LogP contribution in [0.3, 0.4) is 0 Å². The molecule has 2 N–H and O–H groups in total. The van der Waals surface area contributed by atoms with E-state index in [4.69, 9.17) is 5.11 Å². The molecule has 4 nitrogen and oxygen atoms in total. The number of nitrogens with one attached hydrogen (secondary N) is 1.